The molecule has 1 amide bonds. The molecule has 6 heteroatoms. The Balaban J connectivity index is 2.49. The van der Waals surface area contributed by atoms with E-state index in [1.807, 2.05) is 6.07 Å². The molecule has 0 radical (unpaired) electrons. The molecule has 108 valence electrons. The third-order valence-electron chi connectivity index (χ3n) is 3.31. The number of ketones is 1. The summed E-state index contributed by atoms with van der Waals surface area (Å²) >= 11 is 6.68. The van der Waals surface area contributed by atoms with Gasteiger partial charge in [0.15, 0.2) is 5.60 Å². The van der Waals surface area contributed by atoms with Gasteiger partial charge in [0.05, 0.1) is 5.69 Å². The van der Waals surface area contributed by atoms with Crippen LogP contribution in [0.25, 0.3) is 0 Å². The summed E-state index contributed by atoms with van der Waals surface area (Å²) in [5, 5.41) is 11.5. The van der Waals surface area contributed by atoms with Gasteiger partial charge in [0.2, 0.25) is 0 Å². The van der Waals surface area contributed by atoms with E-state index in [0.29, 0.717) is 17.8 Å². The Morgan fingerprint density at radius 2 is 2.15 bits per heavy atom. The zero-order valence-electron chi connectivity index (χ0n) is 11.0. The van der Waals surface area contributed by atoms with Crippen molar-refractivity contribution in [3.63, 3.8) is 0 Å². The Kier molecular flexibility index (Phi) is 4.66. The lowest BCUT2D eigenvalue weighted by Gasteiger charge is -2.22. The number of rotatable bonds is 5. The summed E-state index contributed by atoms with van der Waals surface area (Å²) in [5.41, 5.74) is -0.554. The molecule has 1 aliphatic heterocycles. The number of carbonyl (C=O) groups is 2. The van der Waals surface area contributed by atoms with Crippen molar-refractivity contribution in [1.29, 1.82) is 0 Å². The van der Waals surface area contributed by atoms with Crippen LogP contribution >= 0.6 is 31.9 Å². The molecule has 1 N–H and O–H groups in total. The molecule has 1 aromatic carbocycles. The highest BCUT2D eigenvalue weighted by molar-refractivity contribution is 9.10. The van der Waals surface area contributed by atoms with E-state index in [-0.39, 0.29) is 12.2 Å². The third kappa shape index (κ3) is 2.69. The van der Waals surface area contributed by atoms with Gasteiger partial charge in [0, 0.05) is 28.3 Å². The quantitative estimate of drug-likeness (QED) is 0.767. The van der Waals surface area contributed by atoms with Crippen LogP contribution < -0.4 is 4.90 Å². The van der Waals surface area contributed by atoms with Crippen LogP contribution in [0.2, 0.25) is 0 Å². The Hall–Kier alpha value is -0.720. The van der Waals surface area contributed by atoms with E-state index in [2.05, 4.69) is 31.9 Å². The Labute approximate surface area is 134 Å². The van der Waals surface area contributed by atoms with Gasteiger partial charge in [0.25, 0.3) is 5.91 Å². The number of aliphatic hydroxyl groups is 1. The molecular weight excluding hydrogens is 390 g/mol. The highest BCUT2D eigenvalue weighted by Crippen LogP contribution is 2.43. The molecule has 0 fully saturated rings. The SMILES string of the molecule is CC(=O)CC1(O)C(=O)N(CCCBr)c2ccc(Br)cc21. The molecule has 1 atom stereocenters. The largest absolute Gasteiger partial charge is 0.375 e. The van der Waals surface area contributed by atoms with Crippen LogP contribution in [0.15, 0.2) is 22.7 Å². The van der Waals surface area contributed by atoms with E-state index >= 15 is 0 Å². The van der Waals surface area contributed by atoms with Gasteiger partial charge < -0.3 is 10.0 Å². The van der Waals surface area contributed by atoms with Crippen LogP contribution in [-0.4, -0.2) is 28.7 Å². The summed E-state index contributed by atoms with van der Waals surface area (Å²) in [5.74, 6) is -0.629. The summed E-state index contributed by atoms with van der Waals surface area (Å²) in [6.45, 7) is 1.89. The van der Waals surface area contributed by atoms with Crippen molar-refractivity contribution in [2.45, 2.75) is 25.4 Å². The number of halogens is 2. The standard InChI is InChI=1S/C14H15Br2NO3/c1-9(18)8-14(20)11-7-10(16)3-4-12(11)17(13(14)19)6-2-5-15/h3-4,7,20H,2,5-6,8H2,1H3. The fraction of sp³-hybridized carbons (Fsp3) is 0.429. The van der Waals surface area contributed by atoms with Crippen LogP contribution in [0.4, 0.5) is 5.69 Å². The molecular formula is C14H15Br2NO3. The van der Waals surface area contributed by atoms with Crippen molar-refractivity contribution in [2.24, 2.45) is 0 Å². The van der Waals surface area contributed by atoms with Crippen molar-refractivity contribution in [3.05, 3.63) is 28.2 Å². The Bertz CT molecular complexity index is 561. The maximum Gasteiger partial charge on any atom is 0.264 e. The first kappa shape index (κ1) is 15.7. The van der Waals surface area contributed by atoms with Gasteiger partial charge in [-0.05, 0) is 31.5 Å². The summed E-state index contributed by atoms with van der Waals surface area (Å²) in [4.78, 5) is 25.5. The van der Waals surface area contributed by atoms with Crippen molar-refractivity contribution in [3.8, 4) is 0 Å². The third-order valence-corrected chi connectivity index (χ3v) is 4.37. The lowest BCUT2D eigenvalue weighted by Crippen LogP contribution is -2.42. The van der Waals surface area contributed by atoms with Gasteiger partial charge in [-0.1, -0.05) is 31.9 Å². The molecule has 1 heterocycles. The number of benzene rings is 1. The number of anilines is 1. The van der Waals surface area contributed by atoms with Crippen molar-refractivity contribution in [1.82, 2.24) is 0 Å². The number of hydrogen-bond donors (Lipinski definition) is 1. The van der Waals surface area contributed by atoms with Gasteiger partial charge >= 0.3 is 0 Å². The monoisotopic (exact) mass is 403 g/mol. The average molecular weight is 405 g/mol. The van der Waals surface area contributed by atoms with Crippen LogP contribution in [0.1, 0.15) is 25.3 Å². The highest BCUT2D eigenvalue weighted by Gasteiger charge is 2.50. The van der Waals surface area contributed by atoms with Gasteiger partial charge in [-0.3, -0.25) is 9.59 Å². The molecule has 1 aromatic rings. The molecule has 4 nitrogen and oxygen atoms in total. The van der Waals surface area contributed by atoms with Crippen LogP contribution in [0, 0.1) is 0 Å². The van der Waals surface area contributed by atoms with Gasteiger partial charge in [-0.25, -0.2) is 0 Å². The topological polar surface area (TPSA) is 57.6 Å². The van der Waals surface area contributed by atoms with Crippen LogP contribution in [0.5, 0.6) is 0 Å². The van der Waals surface area contributed by atoms with E-state index in [9.17, 15) is 14.7 Å². The molecule has 0 aliphatic carbocycles. The predicted molar refractivity (Wildman–Crippen MR) is 84.1 cm³/mol. The molecule has 0 spiro atoms. The molecule has 20 heavy (non-hydrogen) atoms. The van der Waals surface area contributed by atoms with Gasteiger partial charge in [-0.15, -0.1) is 0 Å². The Morgan fingerprint density at radius 1 is 1.45 bits per heavy atom. The second-order valence-electron chi connectivity index (χ2n) is 4.90. The second kappa shape index (κ2) is 5.95. The average Bonchev–Trinajstić information content (AvgIpc) is 2.57. The van der Waals surface area contributed by atoms with E-state index in [1.165, 1.54) is 6.92 Å². The lowest BCUT2D eigenvalue weighted by molar-refractivity contribution is -0.141. The number of amides is 1. The predicted octanol–water partition coefficient (Wildman–Crippen LogP) is 2.75. The summed E-state index contributed by atoms with van der Waals surface area (Å²) < 4.78 is 0.772. The number of hydrogen-bond acceptors (Lipinski definition) is 3. The molecule has 0 aromatic heterocycles. The second-order valence-corrected chi connectivity index (χ2v) is 6.61. The maximum atomic E-state index is 12.5. The summed E-state index contributed by atoms with van der Waals surface area (Å²) in [6, 6.07) is 5.33. The first-order chi connectivity index (χ1) is 9.40. The number of fused-ring (bicyclic) bond motifs is 1. The minimum atomic E-state index is -1.74. The van der Waals surface area contributed by atoms with E-state index in [1.54, 1.807) is 17.0 Å². The van der Waals surface area contributed by atoms with Crippen molar-refractivity contribution < 1.29 is 14.7 Å². The zero-order valence-corrected chi connectivity index (χ0v) is 14.2. The highest BCUT2D eigenvalue weighted by atomic mass is 79.9. The first-order valence-corrected chi connectivity index (χ1v) is 8.21. The molecule has 0 saturated carbocycles. The molecule has 2 rings (SSSR count). The van der Waals surface area contributed by atoms with Gasteiger partial charge in [0.1, 0.15) is 5.78 Å². The Morgan fingerprint density at radius 3 is 2.75 bits per heavy atom. The number of alkyl halides is 1. The minimum absolute atomic E-state index is 0.194. The minimum Gasteiger partial charge on any atom is -0.375 e. The maximum absolute atomic E-state index is 12.5. The number of nitrogens with zero attached hydrogens (tertiary/aromatic N) is 1. The van der Waals surface area contributed by atoms with Crippen molar-refractivity contribution in [2.75, 3.05) is 16.8 Å². The number of carbonyl (C=O) groups excluding carboxylic acids is 2. The number of Topliss-reactive ketones (excluding diaryl/α,β-unsaturated/α-hetero) is 1. The summed E-state index contributed by atoms with van der Waals surface area (Å²) in [6.07, 6.45) is 0.581. The smallest absolute Gasteiger partial charge is 0.264 e. The van der Waals surface area contributed by atoms with Crippen molar-refractivity contribution >= 4 is 49.2 Å². The summed E-state index contributed by atoms with van der Waals surface area (Å²) in [7, 11) is 0. The fourth-order valence-electron chi connectivity index (χ4n) is 2.49. The zero-order chi connectivity index (χ0) is 14.9. The van der Waals surface area contributed by atoms with E-state index in [0.717, 1.165) is 16.2 Å². The molecule has 1 unspecified atom stereocenters. The lowest BCUT2D eigenvalue weighted by atomic mass is 9.90. The van der Waals surface area contributed by atoms with Gasteiger partial charge in [-0.2, -0.15) is 0 Å². The first-order valence-electron chi connectivity index (χ1n) is 6.30. The molecule has 0 bridgehead atoms. The van der Waals surface area contributed by atoms with E-state index < -0.39 is 11.5 Å². The van der Waals surface area contributed by atoms with Crippen LogP contribution in [0.3, 0.4) is 0 Å². The fourth-order valence-corrected chi connectivity index (χ4v) is 3.11. The molecule has 1 aliphatic rings. The normalized spacial score (nSPS) is 21.2. The van der Waals surface area contributed by atoms with Crippen LogP contribution in [-0.2, 0) is 15.2 Å². The molecule has 0 saturated heterocycles. The van der Waals surface area contributed by atoms with E-state index in [4.69, 9.17) is 0 Å².